The fourth-order valence-electron chi connectivity index (χ4n) is 3.53. The quantitative estimate of drug-likeness (QED) is 0.714. The largest absolute Gasteiger partial charge is 0.483 e. The predicted molar refractivity (Wildman–Crippen MR) is 112 cm³/mol. The van der Waals surface area contributed by atoms with Gasteiger partial charge in [0.1, 0.15) is 10.8 Å². The van der Waals surface area contributed by atoms with E-state index in [1.807, 2.05) is 32.0 Å². The van der Waals surface area contributed by atoms with Gasteiger partial charge >= 0.3 is 5.97 Å². The third-order valence-electron chi connectivity index (χ3n) is 4.93. The van der Waals surface area contributed by atoms with Gasteiger partial charge < -0.3 is 14.8 Å². The van der Waals surface area contributed by atoms with Crippen LogP contribution >= 0.6 is 11.3 Å². The number of nitrogens with one attached hydrogen (secondary N) is 1. The number of benzene rings is 1. The molecule has 0 fully saturated rings. The van der Waals surface area contributed by atoms with Crippen LogP contribution in [-0.4, -0.2) is 25.1 Å². The minimum absolute atomic E-state index is 0.106. The third kappa shape index (κ3) is 4.55. The first-order valence-electron chi connectivity index (χ1n) is 9.70. The van der Waals surface area contributed by atoms with E-state index in [4.69, 9.17) is 9.47 Å². The topological polar surface area (TPSA) is 64.6 Å². The van der Waals surface area contributed by atoms with E-state index in [-0.39, 0.29) is 18.5 Å². The average molecular weight is 402 g/mol. The van der Waals surface area contributed by atoms with Crippen molar-refractivity contribution in [2.75, 3.05) is 18.5 Å². The van der Waals surface area contributed by atoms with Crippen LogP contribution in [0.25, 0.3) is 0 Å². The van der Waals surface area contributed by atoms with Crippen molar-refractivity contribution < 1.29 is 19.1 Å². The molecule has 0 saturated carbocycles. The summed E-state index contributed by atoms with van der Waals surface area (Å²) in [6.07, 6.45) is 2.82. The molecule has 1 N–H and O–H groups in total. The summed E-state index contributed by atoms with van der Waals surface area (Å²) in [5.41, 5.74) is 3.69. The summed E-state index contributed by atoms with van der Waals surface area (Å²) < 4.78 is 10.9. The third-order valence-corrected chi connectivity index (χ3v) is 6.10. The molecule has 28 heavy (non-hydrogen) atoms. The highest BCUT2D eigenvalue weighted by molar-refractivity contribution is 7.17. The van der Waals surface area contributed by atoms with Gasteiger partial charge in [-0.1, -0.05) is 24.6 Å². The Morgan fingerprint density at radius 3 is 2.79 bits per heavy atom. The molecule has 1 aromatic heterocycles. The van der Waals surface area contributed by atoms with Gasteiger partial charge in [0.05, 0.1) is 12.2 Å². The monoisotopic (exact) mass is 401 g/mol. The fraction of sp³-hybridized carbons (Fsp3) is 0.455. The van der Waals surface area contributed by atoms with Gasteiger partial charge in [-0.15, -0.1) is 11.3 Å². The molecule has 0 saturated heterocycles. The van der Waals surface area contributed by atoms with Crippen LogP contribution in [0.1, 0.15) is 52.2 Å². The Bertz CT molecular complexity index is 887. The van der Waals surface area contributed by atoms with Gasteiger partial charge in [0.2, 0.25) is 0 Å². The average Bonchev–Trinajstić information content (AvgIpc) is 2.97. The smallest absolute Gasteiger partial charge is 0.341 e. The Morgan fingerprint density at radius 1 is 1.29 bits per heavy atom. The van der Waals surface area contributed by atoms with E-state index in [1.54, 1.807) is 6.92 Å². The summed E-state index contributed by atoms with van der Waals surface area (Å²) in [4.78, 5) is 26.2. The SMILES string of the molecule is CCOC(=O)c1c(NC(=O)COc2ccc(C)cc2C)sc2c1CCC(C)C2. The molecule has 2 aromatic rings. The van der Waals surface area contributed by atoms with Crippen molar-refractivity contribution in [2.24, 2.45) is 5.92 Å². The molecule has 1 aliphatic carbocycles. The summed E-state index contributed by atoms with van der Waals surface area (Å²) >= 11 is 1.49. The summed E-state index contributed by atoms with van der Waals surface area (Å²) in [7, 11) is 0. The summed E-state index contributed by atoms with van der Waals surface area (Å²) in [5.74, 6) is 0.626. The first-order chi connectivity index (χ1) is 13.4. The van der Waals surface area contributed by atoms with E-state index >= 15 is 0 Å². The van der Waals surface area contributed by atoms with Crippen LogP contribution in [0.15, 0.2) is 18.2 Å². The van der Waals surface area contributed by atoms with Crippen LogP contribution in [0.5, 0.6) is 5.75 Å². The highest BCUT2D eigenvalue weighted by Gasteiger charge is 2.29. The van der Waals surface area contributed by atoms with E-state index in [0.717, 1.165) is 36.0 Å². The Kier molecular flexibility index (Phi) is 6.39. The van der Waals surface area contributed by atoms with Crippen LogP contribution in [0.4, 0.5) is 5.00 Å². The van der Waals surface area contributed by atoms with E-state index in [1.165, 1.54) is 16.2 Å². The lowest BCUT2D eigenvalue weighted by atomic mass is 9.88. The lowest BCUT2D eigenvalue weighted by Crippen LogP contribution is -2.21. The Labute approximate surface area is 170 Å². The van der Waals surface area contributed by atoms with Gasteiger partial charge in [0, 0.05) is 4.88 Å². The number of ether oxygens (including phenoxy) is 2. The molecule has 0 spiro atoms. The molecular weight excluding hydrogens is 374 g/mol. The molecule has 1 atom stereocenters. The minimum atomic E-state index is -0.361. The molecule has 0 aliphatic heterocycles. The number of rotatable bonds is 6. The molecule has 1 aliphatic rings. The number of hydrogen-bond donors (Lipinski definition) is 1. The van der Waals surface area contributed by atoms with Crippen molar-refractivity contribution in [1.29, 1.82) is 0 Å². The number of carbonyl (C=O) groups excluding carboxylic acids is 2. The fourth-order valence-corrected chi connectivity index (χ4v) is 4.94. The lowest BCUT2D eigenvalue weighted by molar-refractivity contribution is -0.118. The van der Waals surface area contributed by atoms with E-state index in [9.17, 15) is 9.59 Å². The second-order valence-corrected chi connectivity index (χ2v) is 8.49. The van der Waals surface area contributed by atoms with Gasteiger partial charge in [-0.3, -0.25) is 4.79 Å². The van der Waals surface area contributed by atoms with E-state index < -0.39 is 0 Å². The maximum atomic E-state index is 12.5. The maximum Gasteiger partial charge on any atom is 0.341 e. The zero-order valence-corrected chi connectivity index (χ0v) is 17.7. The molecular formula is C22H27NO4S. The van der Waals surface area contributed by atoms with Crippen molar-refractivity contribution >= 4 is 28.2 Å². The molecule has 1 unspecified atom stereocenters. The number of anilines is 1. The second-order valence-electron chi connectivity index (χ2n) is 7.38. The summed E-state index contributed by atoms with van der Waals surface area (Å²) in [6, 6.07) is 5.83. The van der Waals surface area contributed by atoms with Crippen molar-refractivity contribution in [2.45, 2.75) is 47.0 Å². The number of carbonyl (C=O) groups is 2. The number of esters is 1. The zero-order valence-electron chi connectivity index (χ0n) is 16.9. The van der Waals surface area contributed by atoms with Crippen molar-refractivity contribution in [3.8, 4) is 5.75 Å². The molecule has 1 heterocycles. The number of hydrogen-bond acceptors (Lipinski definition) is 5. The Balaban J connectivity index is 1.75. The van der Waals surface area contributed by atoms with Gasteiger partial charge in [0.25, 0.3) is 5.91 Å². The minimum Gasteiger partial charge on any atom is -0.483 e. The summed E-state index contributed by atoms with van der Waals surface area (Å²) in [5, 5.41) is 3.45. The van der Waals surface area contributed by atoms with Gasteiger partial charge in [-0.25, -0.2) is 4.79 Å². The highest BCUT2D eigenvalue weighted by atomic mass is 32.1. The number of amides is 1. The first-order valence-corrected chi connectivity index (χ1v) is 10.5. The van der Waals surface area contributed by atoms with Crippen LogP contribution in [-0.2, 0) is 22.4 Å². The number of aryl methyl sites for hydroxylation is 2. The maximum absolute atomic E-state index is 12.5. The normalized spacial score (nSPS) is 15.6. The predicted octanol–water partition coefficient (Wildman–Crippen LogP) is 4.68. The zero-order chi connectivity index (χ0) is 20.3. The molecule has 0 radical (unpaired) electrons. The van der Waals surface area contributed by atoms with Crippen molar-refractivity contribution in [3.05, 3.63) is 45.3 Å². The number of thiophene rings is 1. The molecule has 0 bridgehead atoms. The van der Waals surface area contributed by atoms with Crippen LogP contribution < -0.4 is 10.1 Å². The molecule has 1 aromatic carbocycles. The molecule has 6 heteroatoms. The first kappa shape index (κ1) is 20.4. The summed E-state index contributed by atoms with van der Waals surface area (Å²) in [6.45, 7) is 8.17. The van der Waals surface area contributed by atoms with Crippen molar-refractivity contribution in [3.63, 3.8) is 0 Å². The second kappa shape index (κ2) is 8.78. The molecule has 150 valence electrons. The van der Waals surface area contributed by atoms with E-state index in [2.05, 4.69) is 12.2 Å². The number of fused-ring (bicyclic) bond motifs is 1. The Morgan fingerprint density at radius 2 is 2.07 bits per heavy atom. The van der Waals surface area contributed by atoms with Crippen LogP contribution in [0.3, 0.4) is 0 Å². The van der Waals surface area contributed by atoms with E-state index in [0.29, 0.717) is 28.8 Å². The Hall–Kier alpha value is -2.34. The van der Waals surface area contributed by atoms with Gasteiger partial charge in [-0.2, -0.15) is 0 Å². The van der Waals surface area contributed by atoms with Gasteiger partial charge in [-0.05, 0) is 63.1 Å². The highest BCUT2D eigenvalue weighted by Crippen LogP contribution is 2.40. The molecule has 5 nitrogen and oxygen atoms in total. The lowest BCUT2D eigenvalue weighted by Gasteiger charge is -2.18. The standard InChI is InChI=1S/C22H27NO4S/c1-5-26-22(25)20-16-8-6-14(3)11-18(16)28-21(20)23-19(24)12-27-17-9-7-13(2)10-15(17)4/h7,9-10,14H,5-6,8,11-12H2,1-4H3,(H,23,24). The van der Waals surface area contributed by atoms with Crippen molar-refractivity contribution in [1.82, 2.24) is 0 Å². The molecule has 1 amide bonds. The van der Waals surface area contributed by atoms with Crippen LogP contribution in [0, 0.1) is 19.8 Å². The molecule has 3 rings (SSSR count). The van der Waals surface area contributed by atoms with Gasteiger partial charge in [0.15, 0.2) is 6.61 Å². The van der Waals surface area contributed by atoms with Crippen LogP contribution in [0.2, 0.25) is 0 Å².